The van der Waals surface area contributed by atoms with Gasteiger partial charge in [0.15, 0.2) is 11.5 Å². The molecule has 3 aromatic rings. The van der Waals surface area contributed by atoms with E-state index in [4.69, 9.17) is 0 Å². The standard InChI is InChI=1S/C17H20N6/c1-13-19-20-17-7-6-16(21-23(13)17)18-9-11-22-10-8-14-4-2-3-5-15(14)12-22/h2-7H,8-12H2,1H3,(H,18,21). The molecule has 0 aliphatic carbocycles. The summed E-state index contributed by atoms with van der Waals surface area (Å²) in [4.78, 5) is 2.48. The third-order valence-corrected chi connectivity index (χ3v) is 4.36. The lowest BCUT2D eigenvalue weighted by Crippen LogP contribution is -2.34. The number of aromatic nitrogens is 4. The van der Waals surface area contributed by atoms with Gasteiger partial charge in [0.25, 0.3) is 0 Å². The predicted octanol–water partition coefficient (Wildman–Crippen LogP) is 1.90. The van der Waals surface area contributed by atoms with Crippen LogP contribution in [0, 0.1) is 6.92 Å². The fourth-order valence-corrected chi connectivity index (χ4v) is 3.08. The van der Waals surface area contributed by atoms with Gasteiger partial charge in [-0.15, -0.1) is 15.3 Å². The molecule has 118 valence electrons. The van der Waals surface area contributed by atoms with Gasteiger partial charge in [-0.1, -0.05) is 24.3 Å². The van der Waals surface area contributed by atoms with Crippen LogP contribution in [0.2, 0.25) is 0 Å². The summed E-state index contributed by atoms with van der Waals surface area (Å²) in [5.41, 5.74) is 3.73. The lowest BCUT2D eigenvalue weighted by molar-refractivity contribution is 0.264. The molecule has 0 radical (unpaired) electrons. The van der Waals surface area contributed by atoms with Gasteiger partial charge in [0.2, 0.25) is 0 Å². The fourth-order valence-electron chi connectivity index (χ4n) is 3.08. The van der Waals surface area contributed by atoms with Crippen molar-refractivity contribution >= 4 is 11.5 Å². The van der Waals surface area contributed by atoms with E-state index in [-0.39, 0.29) is 0 Å². The second kappa shape index (κ2) is 5.96. The minimum absolute atomic E-state index is 0.778. The molecule has 0 saturated carbocycles. The number of anilines is 1. The Morgan fingerprint density at radius 2 is 1.96 bits per heavy atom. The van der Waals surface area contributed by atoms with Crippen LogP contribution in [0.15, 0.2) is 36.4 Å². The Hall–Kier alpha value is -2.47. The molecule has 0 spiro atoms. The molecule has 0 atom stereocenters. The summed E-state index contributed by atoms with van der Waals surface area (Å²) >= 11 is 0. The quantitative estimate of drug-likeness (QED) is 0.798. The summed E-state index contributed by atoms with van der Waals surface area (Å²) in [7, 11) is 0. The Kier molecular flexibility index (Phi) is 3.67. The van der Waals surface area contributed by atoms with Crippen LogP contribution in [-0.2, 0) is 13.0 Å². The van der Waals surface area contributed by atoms with Gasteiger partial charge in [0, 0.05) is 26.2 Å². The van der Waals surface area contributed by atoms with Gasteiger partial charge >= 0.3 is 0 Å². The first-order valence-corrected chi connectivity index (χ1v) is 8.02. The van der Waals surface area contributed by atoms with Crippen LogP contribution in [-0.4, -0.2) is 44.3 Å². The number of nitrogens with one attached hydrogen (secondary N) is 1. The van der Waals surface area contributed by atoms with E-state index < -0.39 is 0 Å². The molecule has 1 aromatic carbocycles. The van der Waals surface area contributed by atoms with Gasteiger partial charge < -0.3 is 5.32 Å². The van der Waals surface area contributed by atoms with Crippen molar-refractivity contribution in [3.63, 3.8) is 0 Å². The molecule has 3 heterocycles. The highest BCUT2D eigenvalue weighted by molar-refractivity contribution is 5.43. The van der Waals surface area contributed by atoms with Crippen LogP contribution < -0.4 is 5.32 Å². The Morgan fingerprint density at radius 1 is 1.09 bits per heavy atom. The maximum absolute atomic E-state index is 4.52. The maximum Gasteiger partial charge on any atom is 0.178 e. The molecular formula is C17H20N6. The Balaban J connectivity index is 1.35. The topological polar surface area (TPSA) is 58.4 Å². The predicted molar refractivity (Wildman–Crippen MR) is 89.4 cm³/mol. The minimum atomic E-state index is 0.778. The van der Waals surface area contributed by atoms with Crippen LogP contribution >= 0.6 is 0 Å². The summed E-state index contributed by atoms with van der Waals surface area (Å²) in [6, 6.07) is 12.6. The largest absolute Gasteiger partial charge is 0.367 e. The van der Waals surface area contributed by atoms with E-state index in [1.165, 1.54) is 11.1 Å². The molecule has 0 saturated heterocycles. The van der Waals surface area contributed by atoms with Gasteiger partial charge in [-0.25, -0.2) is 0 Å². The van der Waals surface area contributed by atoms with E-state index in [0.717, 1.165) is 49.9 Å². The van der Waals surface area contributed by atoms with E-state index in [2.05, 4.69) is 49.8 Å². The van der Waals surface area contributed by atoms with Gasteiger partial charge in [0.05, 0.1) is 0 Å². The SMILES string of the molecule is Cc1nnc2ccc(NCCN3CCc4ccccc4C3)nn12. The third kappa shape index (κ3) is 2.90. The summed E-state index contributed by atoms with van der Waals surface area (Å²) in [5, 5.41) is 16.0. The zero-order chi connectivity index (χ0) is 15.6. The molecule has 0 unspecified atom stereocenters. The zero-order valence-corrected chi connectivity index (χ0v) is 13.2. The van der Waals surface area contributed by atoms with Crippen molar-refractivity contribution < 1.29 is 0 Å². The first-order valence-electron chi connectivity index (χ1n) is 8.02. The van der Waals surface area contributed by atoms with Crippen molar-refractivity contribution in [3.8, 4) is 0 Å². The zero-order valence-electron chi connectivity index (χ0n) is 13.2. The summed E-state index contributed by atoms with van der Waals surface area (Å²) < 4.78 is 1.76. The van der Waals surface area contributed by atoms with Gasteiger partial charge in [-0.3, -0.25) is 4.90 Å². The van der Waals surface area contributed by atoms with Crippen LogP contribution in [0.3, 0.4) is 0 Å². The van der Waals surface area contributed by atoms with Crippen molar-refractivity contribution in [1.29, 1.82) is 0 Å². The Morgan fingerprint density at radius 3 is 2.87 bits per heavy atom. The van der Waals surface area contributed by atoms with E-state index in [1.807, 2.05) is 19.1 Å². The number of aryl methyl sites for hydroxylation is 1. The molecule has 0 amide bonds. The number of rotatable bonds is 4. The van der Waals surface area contributed by atoms with E-state index in [0.29, 0.717) is 0 Å². The molecule has 4 rings (SSSR count). The Labute approximate surface area is 135 Å². The molecular weight excluding hydrogens is 288 g/mol. The van der Waals surface area contributed by atoms with Gasteiger partial charge in [-0.05, 0) is 36.6 Å². The molecule has 0 fully saturated rings. The molecule has 1 aliphatic rings. The van der Waals surface area contributed by atoms with Crippen molar-refractivity contribution in [2.75, 3.05) is 25.0 Å². The van der Waals surface area contributed by atoms with Crippen LogP contribution in [0.5, 0.6) is 0 Å². The Bertz CT molecular complexity index is 825. The summed E-state index contributed by atoms with van der Waals surface area (Å²) in [5.74, 6) is 1.66. The highest BCUT2D eigenvalue weighted by Gasteiger charge is 2.14. The number of fused-ring (bicyclic) bond motifs is 2. The molecule has 2 aromatic heterocycles. The van der Waals surface area contributed by atoms with E-state index in [1.54, 1.807) is 4.52 Å². The van der Waals surface area contributed by atoms with E-state index in [9.17, 15) is 0 Å². The maximum atomic E-state index is 4.52. The van der Waals surface area contributed by atoms with E-state index >= 15 is 0 Å². The van der Waals surface area contributed by atoms with Crippen molar-refractivity contribution in [1.82, 2.24) is 24.7 Å². The molecule has 1 aliphatic heterocycles. The second-order valence-corrected chi connectivity index (χ2v) is 5.96. The van der Waals surface area contributed by atoms with Crippen molar-refractivity contribution in [2.45, 2.75) is 19.9 Å². The molecule has 0 bridgehead atoms. The second-order valence-electron chi connectivity index (χ2n) is 5.96. The lowest BCUT2D eigenvalue weighted by Gasteiger charge is -2.28. The molecule has 6 nitrogen and oxygen atoms in total. The molecule has 23 heavy (non-hydrogen) atoms. The van der Waals surface area contributed by atoms with Gasteiger partial charge in [0.1, 0.15) is 5.82 Å². The number of hydrogen-bond donors (Lipinski definition) is 1. The highest BCUT2D eigenvalue weighted by Crippen LogP contribution is 2.18. The smallest absolute Gasteiger partial charge is 0.178 e. The van der Waals surface area contributed by atoms with Crippen molar-refractivity contribution in [3.05, 3.63) is 53.3 Å². The number of nitrogens with zero attached hydrogens (tertiary/aromatic N) is 5. The van der Waals surface area contributed by atoms with Crippen molar-refractivity contribution in [2.24, 2.45) is 0 Å². The molecule has 1 N–H and O–H groups in total. The van der Waals surface area contributed by atoms with Crippen LogP contribution in [0.1, 0.15) is 17.0 Å². The number of hydrogen-bond acceptors (Lipinski definition) is 5. The average Bonchev–Trinajstić information content (AvgIpc) is 2.96. The minimum Gasteiger partial charge on any atom is -0.367 e. The molecule has 6 heteroatoms. The van der Waals surface area contributed by atoms with Gasteiger partial charge in [-0.2, -0.15) is 4.52 Å². The summed E-state index contributed by atoms with van der Waals surface area (Å²) in [6.45, 7) is 5.95. The monoisotopic (exact) mass is 308 g/mol. The van der Waals surface area contributed by atoms with Crippen LogP contribution in [0.4, 0.5) is 5.82 Å². The normalized spacial score (nSPS) is 14.8. The first kappa shape index (κ1) is 14.1. The number of benzene rings is 1. The van der Waals surface area contributed by atoms with Crippen LogP contribution in [0.25, 0.3) is 5.65 Å². The average molecular weight is 308 g/mol. The lowest BCUT2D eigenvalue weighted by atomic mass is 10.00. The third-order valence-electron chi connectivity index (χ3n) is 4.36. The highest BCUT2D eigenvalue weighted by atomic mass is 15.4. The first-order chi connectivity index (χ1) is 11.3. The summed E-state index contributed by atoms with van der Waals surface area (Å²) in [6.07, 6.45) is 1.14. The fraction of sp³-hybridized carbons (Fsp3) is 0.353.